The molecular weight excluding hydrogens is 262 g/mol. The van der Waals surface area contributed by atoms with Gasteiger partial charge in [-0.2, -0.15) is 0 Å². The number of phenols is 1. The second kappa shape index (κ2) is 5.68. The number of anilines is 1. The van der Waals surface area contributed by atoms with Crippen molar-refractivity contribution in [2.45, 2.75) is 32.7 Å². The first kappa shape index (κ1) is 13.8. The summed E-state index contributed by atoms with van der Waals surface area (Å²) in [6.45, 7) is 4.97. The van der Waals surface area contributed by atoms with Crippen LogP contribution in [-0.4, -0.2) is 11.7 Å². The molecular formula is C18H21NO2. The minimum Gasteiger partial charge on any atom is -0.508 e. The van der Waals surface area contributed by atoms with E-state index in [1.165, 1.54) is 11.1 Å². The number of benzene rings is 2. The molecule has 3 heteroatoms. The van der Waals surface area contributed by atoms with E-state index in [2.05, 4.69) is 30.4 Å². The number of aromatic hydroxyl groups is 1. The topological polar surface area (TPSA) is 41.5 Å². The molecule has 0 bridgehead atoms. The number of aryl methyl sites for hydroxylation is 1. The number of fused-ring (bicyclic) bond motifs is 1. The van der Waals surface area contributed by atoms with Crippen molar-refractivity contribution < 1.29 is 9.84 Å². The number of ether oxygens (including phenoxy) is 1. The summed E-state index contributed by atoms with van der Waals surface area (Å²) in [5.74, 6) is 1.33. The Bertz CT molecular complexity index is 652. The Hall–Kier alpha value is -2.16. The average Bonchev–Trinajstić information content (AvgIpc) is 2.94. The van der Waals surface area contributed by atoms with Crippen molar-refractivity contribution in [2.24, 2.45) is 0 Å². The number of hydrogen-bond donors (Lipinski definition) is 2. The van der Waals surface area contributed by atoms with Gasteiger partial charge in [-0.25, -0.2) is 0 Å². The number of hydrogen-bond acceptors (Lipinski definition) is 3. The second-order valence-corrected chi connectivity index (χ2v) is 5.57. The van der Waals surface area contributed by atoms with Crippen LogP contribution in [0, 0.1) is 6.92 Å². The molecule has 0 aliphatic carbocycles. The van der Waals surface area contributed by atoms with Gasteiger partial charge < -0.3 is 15.2 Å². The van der Waals surface area contributed by atoms with Crippen LogP contribution in [0.1, 0.15) is 36.1 Å². The first-order valence-electron chi connectivity index (χ1n) is 7.49. The summed E-state index contributed by atoms with van der Waals surface area (Å²) >= 11 is 0. The van der Waals surface area contributed by atoms with Gasteiger partial charge in [0.2, 0.25) is 0 Å². The SMILES string of the molecule is CCC(Nc1ccc(O)cc1C)c1ccc2c(c1)CCO2. The fourth-order valence-corrected chi connectivity index (χ4v) is 2.84. The van der Waals surface area contributed by atoms with Gasteiger partial charge in [0.25, 0.3) is 0 Å². The lowest BCUT2D eigenvalue weighted by Gasteiger charge is -2.21. The van der Waals surface area contributed by atoms with Gasteiger partial charge in [-0.1, -0.05) is 13.0 Å². The standard InChI is InChI=1S/C18H21NO2/c1-3-16(19-17-6-5-15(20)10-12(17)2)13-4-7-18-14(11-13)8-9-21-18/h4-7,10-11,16,19-20H,3,8-9H2,1-2H3. The molecule has 0 amide bonds. The monoisotopic (exact) mass is 283 g/mol. The van der Waals surface area contributed by atoms with Gasteiger partial charge in [-0.3, -0.25) is 0 Å². The largest absolute Gasteiger partial charge is 0.508 e. The van der Waals surface area contributed by atoms with Crippen LogP contribution in [0.25, 0.3) is 0 Å². The van der Waals surface area contributed by atoms with Crippen LogP contribution in [0.15, 0.2) is 36.4 Å². The normalized spacial score (nSPS) is 14.4. The maximum Gasteiger partial charge on any atom is 0.122 e. The summed E-state index contributed by atoms with van der Waals surface area (Å²) in [5.41, 5.74) is 4.71. The van der Waals surface area contributed by atoms with E-state index in [9.17, 15) is 5.11 Å². The van der Waals surface area contributed by atoms with Gasteiger partial charge in [0.1, 0.15) is 11.5 Å². The fraction of sp³-hybridized carbons (Fsp3) is 0.333. The van der Waals surface area contributed by atoms with Gasteiger partial charge in [-0.15, -0.1) is 0 Å². The molecule has 0 saturated heterocycles. The highest BCUT2D eigenvalue weighted by molar-refractivity contribution is 5.55. The summed E-state index contributed by atoms with van der Waals surface area (Å²) in [7, 11) is 0. The highest BCUT2D eigenvalue weighted by atomic mass is 16.5. The molecule has 2 aromatic rings. The minimum absolute atomic E-state index is 0.263. The van der Waals surface area contributed by atoms with Crippen LogP contribution in [0.3, 0.4) is 0 Å². The average molecular weight is 283 g/mol. The molecule has 1 aliphatic heterocycles. The van der Waals surface area contributed by atoms with Crippen molar-refractivity contribution in [3.63, 3.8) is 0 Å². The number of rotatable bonds is 4. The van der Waals surface area contributed by atoms with Gasteiger partial charge in [0.05, 0.1) is 12.6 Å². The molecule has 0 aromatic heterocycles. The first-order valence-corrected chi connectivity index (χ1v) is 7.49. The lowest BCUT2D eigenvalue weighted by Crippen LogP contribution is -2.10. The molecule has 0 spiro atoms. The Labute approximate surface area is 125 Å². The maximum atomic E-state index is 9.51. The molecule has 1 aliphatic rings. The van der Waals surface area contributed by atoms with Crippen molar-refractivity contribution in [1.29, 1.82) is 0 Å². The van der Waals surface area contributed by atoms with Crippen LogP contribution in [-0.2, 0) is 6.42 Å². The minimum atomic E-state index is 0.263. The summed E-state index contributed by atoms with van der Waals surface area (Å²) in [6.07, 6.45) is 2.00. The van der Waals surface area contributed by atoms with Crippen LogP contribution in [0.2, 0.25) is 0 Å². The molecule has 3 rings (SSSR count). The molecule has 21 heavy (non-hydrogen) atoms. The second-order valence-electron chi connectivity index (χ2n) is 5.57. The molecule has 1 heterocycles. The molecule has 110 valence electrons. The molecule has 2 aromatic carbocycles. The van der Waals surface area contributed by atoms with Gasteiger partial charge in [0, 0.05) is 12.1 Å². The molecule has 0 saturated carbocycles. The van der Waals surface area contributed by atoms with Crippen molar-refractivity contribution in [2.75, 3.05) is 11.9 Å². The molecule has 1 unspecified atom stereocenters. The van der Waals surface area contributed by atoms with Crippen LogP contribution < -0.4 is 10.1 Å². The highest BCUT2D eigenvalue weighted by Crippen LogP contribution is 2.31. The van der Waals surface area contributed by atoms with Gasteiger partial charge in [0.15, 0.2) is 0 Å². The maximum absolute atomic E-state index is 9.51. The van der Waals surface area contributed by atoms with E-state index in [4.69, 9.17) is 4.74 Å². The summed E-state index contributed by atoms with van der Waals surface area (Å²) in [5, 5.41) is 13.1. The summed E-state index contributed by atoms with van der Waals surface area (Å²) in [4.78, 5) is 0. The van der Waals surface area contributed by atoms with Crippen molar-refractivity contribution in [3.05, 3.63) is 53.1 Å². The third-order valence-electron chi connectivity index (χ3n) is 4.06. The van der Waals surface area contributed by atoms with Crippen molar-refractivity contribution in [3.8, 4) is 11.5 Å². The molecule has 3 nitrogen and oxygen atoms in total. The van der Waals surface area contributed by atoms with E-state index in [0.717, 1.165) is 36.4 Å². The van der Waals surface area contributed by atoms with Crippen LogP contribution in [0.5, 0.6) is 11.5 Å². The van der Waals surface area contributed by atoms with Crippen molar-refractivity contribution in [1.82, 2.24) is 0 Å². The molecule has 0 radical (unpaired) electrons. The Morgan fingerprint density at radius 2 is 2.10 bits per heavy atom. The third kappa shape index (κ3) is 2.82. The zero-order valence-electron chi connectivity index (χ0n) is 12.5. The van der Waals surface area contributed by atoms with E-state index in [1.807, 2.05) is 13.0 Å². The smallest absolute Gasteiger partial charge is 0.122 e. The predicted octanol–water partition coefficient (Wildman–Crippen LogP) is 4.20. The number of nitrogens with one attached hydrogen (secondary N) is 1. The van der Waals surface area contributed by atoms with Crippen LogP contribution >= 0.6 is 0 Å². The fourth-order valence-electron chi connectivity index (χ4n) is 2.84. The van der Waals surface area contributed by atoms with E-state index >= 15 is 0 Å². The van der Waals surface area contributed by atoms with E-state index < -0.39 is 0 Å². The Balaban J connectivity index is 1.85. The van der Waals surface area contributed by atoms with E-state index in [-0.39, 0.29) is 6.04 Å². The van der Waals surface area contributed by atoms with Gasteiger partial charge in [-0.05, 0) is 60.4 Å². The Morgan fingerprint density at radius 3 is 2.86 bits per heavy atom. The molecule has 1 atom stereocenters. The zero-order chi connectivity index (χ0) is 14.8. The predicted molar refractivity (Wildman–Crippen MR) is 85.1 cm³/mol. The summed E-state index contributed by atoms with van der Waals surface area (Å²) < 4.78 is 5.57. The Kier molecular flexibility index (Phi) is 3.74. The molecule has 0 fully saturated rings. The van der Waals surface area contributed by atoms with Crippen LogP contribution in [0.4, 0.5) is 5.69 Å². The first-order chi connectivity index (χ1) is 10.2. The lowest BCUT2D eigenvalue weighted by atomic mass is 10.00. The van der Waals surface area contributed by atoms with Crippen molar-refractivity contribution >= 4 is 5.69 Å². The molecule has 2 N–H and O–H groups in total. The highest BCUT2D eigenvalue weighted by Gasteiger charge is 2.16. The summed E-state index contributed by atoms with van der Waals surface area (Å²) in [6, 6.07) is 12.2. The Morgan fingerprint density at radius 1 is 1.24 bits per heavy atom. The van der Waals surface area contributed by atoms with E-state index in [1.54, 1.807) is 12.1 Å². The van der Waals surface area contributed by atoms with Gasteiger partial charge >= 0.3 is 0 Å². The lowest BCUT2D eigenvalue weighted by molar-refractivity contribution is 0.357. The zero-order valence-corrected chi connectivity index (χ0v) is 12.5. The number of phenolic OH excluding ortho intramolecular Hbond substituents is 1. The quantitative estimate of drug-likeness (QED) is 0.826. The van der Waals surface area contributed by atoms with E-state index in [0.29, 0.717) is 5.75 Å². The third-order valence-corrected chi connectivity index (χ3v) is 4.06.